The van der Waals surface area contributed by atoms with Crippen LogP contribution in [0.4, 0.5) is 10.5 Å². The van der Waals surface area contributed by atoms with Crippen molar-refractivity contribution in [3.05, 3.63) is 101 Å². The highest BCUT2D eigenvalue weighted by Crippen LogP contribution is 2.40. The number of esters is 1. The zero-order valence-electron chi connectivity index (χ0n) is 30.7. The van der Waals surface area contributed by atoms with Crippen LogP contribution in [-0.2, 0) is 4.74 Å². The number of thioether (sulfide) groups is 1. The van der Waals surface area contributed by atoms with Gasteiger partial charge in [0.1, 0.15) is 30.2 Å². The number of benzene rings is 4. The van der Waals surface area contributed by atoms with E-state index in [1.165, 1.54) is 16.5 Å². The molecule has 0 aliphatic carbocycles. The van der Waals surface area contributed by atoms with Crippen LogP contribution in [0.25, 0.3) is 10.8 Å². The third-order valence-electron chi connectivity index (χ3n) is 8.33. The molecule has 2 amide bonds. The fourth-order valence-electron chi connectivity index (χ4n) is 5.56. The summed E-state index contributed by atoms with van der Waals surface area (Å²) in [6, 6.07) is 19.3. The number of phenolic OH excluding ortho intramolecular Hbond substituents is 1. The maximum Gasteiger partial charge on any atom is 0.378 e. The second kappa shape index (κ2) is 18.3. The minimum Gasteiger partial charge on any atom is -0.506 e. The first-order valence-corrected chi connectivity index (χ1v) is 18.7. The number of nitrogens with one attached hydrogen (secondary N) is 1. The normalized spacial score (nSPS) is 11.0. The number of fused-ring (bicyclic) bond motifs is 1. The molecule has 0 aliphatic heterocycles. The Kier molecular flexibility index (Phi) is 13.3. The van der Waals surface area contributed by atoms with E-state index in [1.807, 2.05) is 39.0 Å². The molecule has 0 fully saturated rings. The van der Waals surface area contributed by atoms with Gasteiger partial charge >= 0.3 is 12.0 Å². The number of hydrogen-bond donors (Lipinski definition) is 2. The number of carbonyl (C=O) groups excluding carboxylic acids is 3. The maximum absolute atomic E-state index is 13.6. The van der Waals surface area contributed by atoms with Crippen molar-refractivity contribution in [3.63, 3.8) is 0 Å². The highest BCUT2D eigenvalue weighted by molar-refractivity contribution is 7.99. The second-order valence-corrected chi connectivity index (χ2v) is 13.8. The van der Waals surface area contributed by atoms with Crippen molar-refractivity contribution >= 4 is 46.1 Å². The predicted molar refractivity (Wildman–Crippen MR) is 207 cm³/mol. The maximum atomic E-state index is 13.6. The lowest BCUT2D eigenvalue weighted by Crippen LogP contribution is -2.32. The Hall–Kier alpha value is -5.56. The molecule has 0 saturated heterocycles. The van der Waals surface area contributed by atoms with Crippen molar-refractivity contribution in [2.75, 3.05) is 43.2 Å². The Morgan fingerprint density at radius 3 is 2.38 bits per heavy atom. The van der Waals surface area contributed by atoms with Gasteiger partial charge in [0, 0.05) is 30.1 Å². The number of amides is 2. The molecule has 0 atom stereocenters. The molecule has 4 aromatic carbocycles. The van der Waals surface area contributed by atoms with E-state index in [1.54, 1.807) is 55.2 Å². The molecule has 0 unspecified atom stereocenters. The number of rotatable bonds is 16. The summed E-state index contributed by atoms with van der Waals surface area (Å²) in [5.41, 5.74) is 3.55. The van der Waals surface area contributed by atoms with Crippen LogP contribution in [0, 0.1) is 20.8 Å². The van der Waals surface area contributed by atoms with Gasteiger partial charge in [0.2, 0.25) is 0 Å². The standard InChI is InChI=1S/C40H45N5O7S/c1-6-20-53-21-19-51-39(48)37-42-25-45(43-37)40(49)44(5)32-23-27(3)14-16-34(32)52-35-24-31(36(46)30-12-8-7-11-29(30)35)38(47)41-17-9-10-18-50-33-15-13-26(2)22-28(33)4/h7-8,11-16,22-25,46H,6,9-10,17-21H2,1-5H3,(H,41,47). The van der Waals surface area contributed by atoms with Gasteiger partial charge in [0.25, 0.3) is 11.7 Å². The zero-order valence-corrected chi connectivity index (χ0v) is 31.5. The molecule has 0 bridgehead atoms. The van der Waals surface area contributed by atoms with Crippen LogP contribution in [0.5, 0.6) is 23.0 Å². The molecular weight excluding hydrogens is 695 g/mol. The summed E-state index contributed by atoms with van der Waals surface area (Å²) < 4.78 is 18.6. The topological polar surface area (TPSA) is 145 Å². The van der Waals surface area contributed by atoms with Gasteiger partial charge in [-0.2, -0.15) is 16.4 Å². The van der Waals surface area contributed by atoms with E-state index < -0.39 is 17.9 Å². The fraction of sp³-hybridized carbons (Fsp3) is 0.325. The van der Waals surface area contributed by atoms with E-state index in [4.69, 9.17) is 14.2 Å². The van der Waals surface area contributed by atoms with Crippen LogP contribution in [0.3, 0.4) is 0 Å². The summed E-state index contributed by atoms with van der Waals surface area (Å²) in [6.07, 6.45) is 3.60. The molecule has 1 heterocycles. The highest BCUT2D eigenvalue weighted by atomic mass is 32.2. The van der Waals surface area contributed by atoms with Crippen molar-refractivity contribution in [2.24, 2.45) is 0 Å². The first-order valence-electron chi connectivity index (χ1n) is 17.5. The van der Waals surface area contributed by atoms with Crippen molar-refractivity contribution in [2.45, 2.75) is 47.0 Å². The minimum absolute atomic E-state index is 0.0503. The number of carbonyl (C=O) groups is 3. The SMILES string of the molecule is CCCSCCOC(=O)c1ncn(C(=O)N(C)c2cc(C)ccc2Oc2cc(C(=O)NCCCCOc3ccc(C)cc3C)c(O)c3ccccc23)n1. The lowest BCUT2D eigenvalue weighted by Gasteiger charge is -2.21. The number of phenols is 1. The Balaban J connectivity index is 1.28. The number of anilines is 1. The van der Waals surface area contributed by atoms with Gasteiger partial charge in [0.05, 0.1) is 17.9 Å². The van der Waals surface area contributed by atoms with E-state index in [-0.39, 0.29) is 23.7 Å². The molecule has 53 heavy (non-hydrogen) atoms. The van der Waals surface area contributed by atoms with Crippen LogP contribution in [0.2, 0.25) is 0 Å². The summed E-state index contributed by atoms with van der Waals surface area (Å²) in [6.45, 7) is 9.12. The second-order valence-electron chi connectivity index (χ2n) is 12.6. The van der Waals surface area contributed by atoms with E-state index in [0.717, 1.165) is 46.5 Å². The Morgan fingerprint density at radius 2 is 1.62 bits per heavy atom. The Bertz CT molecular complexity index is 2080. The van der Waals surface area contributed by atoms with Gasteiger partial charge in [-0.15, -0.1) is 5.10 Å². The van der Waals surface area contributed by atoms with Gasteiger partial charge in [-0.05, 0) is 81.2 Å². The average Bonchev–Trinajstić information content (AvgIpc) is 3.65. The van der Waals surface area contributed by atoms with E-state index in [9.17, 15) is 19.5 Å². The molecule has 5 rings (SSSR count). The molecule has 278 valence electrons. The van der Waals surface area contributed by atoms with Crippen LogP contribution < -0.4 is 19.7 Å². The van der Waals surface area contributed by atoms with Gasteiger partial charge in [-0.3, -0.25) is 9.69 Å². The summed E-state index contributed by atoms with van der Waals surface area (Å²) >= 11 is 1.68. The number of unbranched alkanes of at least 4 members (excludes halogenated alkanes) is 1. The molecule has 5 aromatic rings. The zero-order chi connectivity index (χ0) is 37.9. The molecule has 1 aromatic heterocycles. The first-order chi connectivity index (χ1) is 25.6. The lowest BCUT2D eigenvalue weighted by molar-refractivity contribution is 0.0516. The van der Waals surface area contributed by atoms with Crippen LogP contribution in [-0.4, -0.2) is 76.1 Å². The number of hydrogen-bond acceptors (Lipinski definition) is 10. The molecule has 0 aliphatic rings. The van der Waals surface area contributed by atoms with Crippen LogP contribution in [0.15, 0.2) is 73.1 Å². The smallest absolute Gasteiger partial charge is 0.378 e. The molecule has 13 heteroatoms. The third kappa shape index (κ3) is 9.86. The minimum atomic E-state index is -0.711. The van der Waals surface area contributed by atoms with Gasteiger partial charge < -0.3 is 24.6 Å². The number of nitrogens with zero attached hydrogens (tertiary/aromatic N) is 4. The molecule has 0 radical (unpaired) electrons. The van der Waals surface area contributed by atoms with Crippen molar-refractivity contribution in [1.29, 1.82) is 0 Å². The van der Waals surface area contributed by atoms with Gasteiger partial charge in [0.15, 0.2) is 5.75 Å². The predicted octanol–water partition coefficient (Wildman–Crippen LogP) is 7.85. The monoisotopic (exact) mass is 739 g/mol. The molecular formula is C40H45N5O7S. The Labute approximate surface area is 313 Å². The summed E-state index contributed by atoms with van der Waals surface area (Å²) in [5.74, 6) is 1.54. The average molecular weight is 740 g/mol. The van der Waals surface area contributed by atoms with E-state index >= 15 is 0 Å². The molecule has 12 nitrogen and oxygen atoms in total. The Morgan fingerprint density at radius 1 is 0.887 bits per heavy atom. The fourth-order valence-corrected chi connectivity index (χ4v) is 6.25. The molecule has 0 spiro atoms. The summed E-state index contributed by atoms with van der Waals surface area (Å²) in [7, 11) is 1.55. The number of aromatic hydroxyl groups is 1. The lowest BCUT2D eigenvalue weighted by atomic mass is 10.0. The quantitative estimate of drug-likeness (QED) is 0.0758. The number of aryl methyl sites for hydroxylation is 3. The number of ether oxygens (including phenoxy) is 3. The van der Waals surface area contributed by atoms with Gasteiger partial charge in [-0.25, -0.2) is 14.6 Å². The van der Waals surface area contributed by atoms with Crippen LogP contribution >= 0.6 is 11.8 Å². The molecule has 2 N–H and O–H groups in total. The van der Waals surface area contributed by atoms with Crippen molar-refractivity contribution in [3.8, 4) is 23.0 Å². The van der Waals surface area contributed by atoms with E-state index in [2.05, 4.69) is 28.4 Å². The van der Waals surface area contributed by atoms with Crippen molar-refractivity contribution in [1.82, 2.24) is 20.1 Å². The number of aromatic nitrogens is 3. The first kappa shape index (κ1) is 38.7. The largest absolute Gasteiger partial charge is 0.506 e. The highest BCUT2D eigenvalue weighted by Gasteiger charge is 2.24. The molecule has 0 saturated carbocycles. The van der Waals surface area contributed by atoms with E-state index in [0.29, 0.717) is 53.3 Å². The van der Waals surface area contributed by atoms with Crippen LogP contribution in [0.1, 0.15) is 63.9 Å². The summed E-state index contributed by atoms with van der Waals surface area (Å²) in [4.78, 5) is 44.7. The van der Waals surface area contributed by atoms with Gasteiger partial charge in [-0.1, -0.05) is 55.0 Å². The summed E-state index contributed by atoms with van der Waals surface area (Å²) in [5, 5.41) is 19.1. The third-order valence-corrected chi connectivity index (χ3v) is 9.48. The van der Waals surface area contributed by atoms with Crippen molar-refractivity contribution < 1.29 is 33.7 Å².